The summed E-state index contributed by atoms with van der Waals surface area (Å²) in [6.45, 7) is 5.19. The Bertz CT molecular complexity index is 510. The zero-order valence-corrected chi connectivity index (χ0v) is 15.2. The maximum absolute atomic E-state index is 5.72. The number of nitrogens with one attached hydrogen (secondary N) is 2. The molecule has 1 aromatic rings. The second-order valence-corrected chi connectivity index (χ2v) is 6.61. The predicted molar refractivity (Wildman–Crippen MR) is 98.8 cm³/mol. The molecule has 0 atom stereocenters. The Labute approximate surface area is 145 Å². The average molecular weight is 333 g/mol. The van der Waals surface area contributed by atoms with Crippen LogP contribution in [0.25, 0.3) is 0 Å². The van der Waals surface area contributed by atoms with Gasteiger partial charge in [0.2, 0.25) is 0 Å². The Morgan fingerprint density at radius 2 is 1.92 bits per heavy atom. The van der Waals surface area contributed by atoms with Crippen LogP contribution < -0.4 is 15.4 Å². The minimum absolute atomic E-state index is 0.381. The number of hydrogen-bond acceptors (Lipinski definition) is 3. The predicted octanol–water partition coefficient (Wildman–Crippen LogP) is 2.75. The molecule has 5 nitrogen and oxygen atoms in total. The molecule has 2 N–H and O–H groups in total. The largest absolute Gasteiger partial charge is 0.492 e. The van der Waals surface area contributed by atoms with Gasteiger partial charge in [-0.25, -0.2) is 0 Å². The summed E-state index contributed by atoms with van der Waals surface area (Å²) in [6, 6.07) is 8.11. The molecule has 0 aliphatic heterocycles. The Hall–Kier alpha value is -1.75. The van der Waals surface area contributed by atoms with Crippen LogP contribution in [-0.4, -0.2) is 46.4 Å². The molecule has 2 rings (SSSR count). The number of methoxy groups -OCH3 is 1. The van der Waals surface area contributed by atoms with Crippen molar-refractivity contribution in [2.45, 2.75) is 32.6 Å². The van der Waals surface area contributed by atoms with Crippen LogP contribution in [0.1, 0.15) is 31.2 Å². The van der Waals surface area contributed by atoms with Gasteiger partial charge in [-0.05, 0) is 43.7 Å². The summed E-state index contributed by atoms with van der Waals surface area (Å²) >= 11 is 0. The summed E-state index contributed by atoms with van der Waals surface area (Å²) in [7, 11) is 3.58. The summed E-state index contributed by atoms with van der Waals surface area (Å²) in [4.78, 5) is 4.29. The lowest BCUT2D eigenvalue weighted by Gasteiger charge is -2.42. The summed E-state index contributed by atoms with van der Waals surface area (Å²) < 4.78 is 11.0. The van der Waals surface area contributed by atoms with Crippen LogP contribution in [0.5, 0.6) is 5.75 Å². The summed E-state index contributed by atoms with van der Waals surface area (Å²) in [5.74, 6) is 1.74. The van der Waals surface area contributed by atoms with Crippen LogP contribution >= 0.6 is 0 Å². The van der Waals surface area contributed by atoms with Crippen LogP contribution in [-0.2, 0) is 4.74 Å². The summed E-state index contributed by atoms with van der Waals surface area (Å²) in [5, 5.41) is 6.77. The van der Waals surface area contributed by atoms with E-state index in [4.69, 9.17) is 9.47 Å². The zero-order valence-electron chi connectivity index (χ0n) is 15.2. The Balaban J connectivity index is 1.66. The van der Waals surface area contributed by atoms with Crippen molar-refractivity contribution in [2.75, 3.05) is 40.5 Å². The first-order chi connectivity index (χ1) is 11.7. The third kappa shape index (κ3) is 5.71. The van der Waals surface area contributed by atoms with Gasteiger partial charge in [0.1, 0.15) is 12.4 Å². The highest BCUT2D eigenvalue weighted by atomic mass is 16.5. The molecule has 0 bridgehead atoms. The standard InChI is InChI=1S/C19H31N3O2/c1-16-5-7-17(8-6-16)24-14-12-21-18(20-2)22-15-19(9-4-10-19)11-13-23-3/h5-8H,4,9-15H2,1-3H3,(H2,20,21,22). The molecule has 1 aliphatic carbocycles. The van der Waals surface area contributed by atoms with Gasteiger partial charge < -0.3 is 20.1 Å². The molecule has 1 saturated carbocycles. The molecule has 0 spiro atoms. The smallest absolute Gasteiger partial charge is 0.191 e. The van der Waals surface area contributed by atoms with Crippen molar-refractivity contribution in [3.05, 3.63) is 29.8 Å². The Kier molecular flexibility index (Phi) is 7.37. The second-order valence-electron chi connectivity index (χ2n) is 6.61. The number of benzene rings is 1. The van der Waals surface area contributed by atoms with Crippen molar-refractivity contribution in [1.29, 1.82) is 0 Å². The molecular weight excluding hydrogens is 302 g/mol. The molecule has 0 unspecified atom stereocenters. The van der Waals surface area contributed by atoms with Gasteiger partial charge in [0.05, 0.1) is 6.54 Å². The van der Waals surface area contributed by atoms with Crippen LogP contribution in [0.15, 0.2) is 29.3 Å². The van der Waals surface area contributed by atoms with E-state index >= 15 is 0 Å². The van der Waals surface area contributed by atoms with Crippen molar-refractivity contribution in [2.24, 2.45) is 10.4 Å². The minimum Gasteiger partial charge on any atom is -0.492 e. The number of aliphatic imine (C=N–C) groups is 1. The zero-order chi connectivity index (χ0) is 17.3. The third-order valence-electron chi connectivity index (χ3n) is 4.79. The first-order valence-corrected chi connectivity index (χ1v) is 8.80. The van der Waals surface area contributed by atoms with Gasteiger partial charge in [-0.2, -0.15) is 0 Å². The fourth-order valence-electron chi connectivity index (χ4n) is 2.98. The van der Waals surface area contributed by atoms with E-state index in [2.05, 4.69) is 34.7 Å². The van der Waals surface area contributed by atoms with Gasteiger partial charge in [-0.1, -0.05) is 24.1 Å². The van der Waals surface area contributed by atoms with Crippen molar-refractivity contribution in [3.8, 4) is 5.75 Å². The third-order valence-corrected chi connectivity index (χ3v) is 4.79. The van der Waals surface area contributed by atoms with Gasteiger partial charge >= 0.3 is 0 Å². The van der Waals surface area contributed by atoms with E-state index in [1.165, 1.54) is 24.8 Å². The van der Waals surface area contributed by atoms with E-state index in [-0.39, 0.29) is 0 Å². The topological polar surface area (TPSA) is 54.9 Å². The Morgan fingerprint density at radius 1 is 1.17 bits per heavy atom. The summed E-state index contributed by atoms with van der Waals surface area (Å²) in [6.07, 6.45) is 4.99. The molecule has 0 radical (unpaired) electrons. The van der Waals surface area contributed by atoms with Gasteiger partial charge in [0, 0.05) is 27.3 Å². The van der Waals surface area contributed by atoms with Crippen molar-refractivity contribution >= 4 is 5.96 Å². The van der Waals surface area contributed by atoms with E-state index in [0.29, 0.717) is 12.0 Å². The first kappa shape index (κ1) is 18.6. The highest BCUT2D eigenvalue weighted by Crippen LogP contribution is 2.43. The molecular formula is C19H31N3O2. The fraction of sp³-hybridized carbons (Fsp3) is 0.632. The van der Waals surface area contributed by atoms with Crippen LogP contribution in [0.2, 0.25) is 0 Å². The lowest BCUT2D eigenvalue weighted by molar-refractivity contribution is 0.0732. The van der Waals surface area contributed by atoms with Crippen LogP contribution in [0, 0.1) is 12.3 Å². The quantitative estimate of drug-likeness (QED) is 0.414. The van der Waals surface area contributed by atoms with Crippen LogP contribution in [0.4, 0.5) is 0 Å². The van der Waals surface area contributed by atoms with E-state index in [0.717, 1.165) is 37.8 Å². The molecule has 0 amide bonds. The fourth-order valence-corrected chi connectivity index (χ4v) is 2.98. The van der Waals surface area contributed by atoms with Gasteiger partial charge in [-0.15, -0.1) is 0 Å². The van der Waals surface area contributed by atoms with Crippen LogP contribution in [0.3, 0.4) is 0 Å². The van der Waals surface area contributed by atoms with Gasteiger partial charge in [0.25, 0.3) is 0 Å². The van der Waals surface area contributed by atoms with E-state index in [9.17, 15) is 0 Å². The van der Waals surface area contributed by atoms with Gasteiger partial charge in [0.15, 0.2) is 5.96 Å². The number of nitrogens with zero attached hydrogens (tertiary/aromatic N) is 1. The van der Waals surface area contributed by atoms with E-state index < -0.39 is 0 Å². The monoisotopic (exact) mass is 333 g/mol. The summed E-state index contributed by atoms with van der Waals surface area (Å²) in [5.41, 5.74) is 1.62. The molecule has 1 fully saturated rings. The SMILES string of the molecule is CN=C(NCCOc1ccc(C)cc1)NCC1(CCOC)CCC1. The van der Waals surface area contributed by atoms with Crippen molar-refractivity contribution in [3.63, 3.8) is 0 Å². The lowest BCUT2D eigenvalue weighted by Crippen LogP contribution is -2.47. The van der Waals surface area contributed by atoms with E-state index in [1.807, 2.05) is 12.1 Å². The first-order valence-electron chi connectivity index (χ1n) is 8.80. The number of guanidine groups is 1. The highest BCUT2D eigenvalue weighted by molar-refractivity contribution is 5.79. The molecule has 0 aromatic heterocycles. The second kappa shape index (κ2) is 9.52. The van der Waals surface area contributed by atoms with Crippen molar-refractivity contribution < 1.29 is 9.47 Å². The molecule has 134 valence electrons. The molecule has 0 saturated heterocycles. The molecule has 24 heavy (non-hydrogen) atoms. The van der Waals surface area contributed by atoms with E-state index in [1.54, 1.807) is 14.2 Å². The average Bonchev–Trinajstić information content (AvgIpc) is 2.57. The lowest BCUT2D eigenvalue weighted by atomic mass is 9.67. The normalized spacial score (nSPS) is 16.4. The molecule has 1 aromatic carbocycles. The number of hydrogen-bond donors (Lipinski definition) is 2. The number of aryl methyl sites for hydroxylation is 1. The maximum atomic E-state index is 5.72. The number of ether oxygens (including phenoxy) is 2. The number of rotatable bonds is 9. The minimum atomic E-state index is 0.381. The Morgan fingerprint density at radius 3 is 2.50 bits per heavy atom. The maximum Gasteiger partial charge on any atom is 0.191 e. The molecule has 5 heteroatoms. The highest BCUT2D eigenvalue weighted by Gasteiger charge is 2.36. The van der Waals surface area contributed by atoms with Crippen molar-refractivity contribution in [1.82, 2.24) is 10.6 Å². The molecule has 0 heterocycles. The van der Waals surface area contributed by atoms with Gasteiger partial charge in [-0.3, -0.25) is 4.99 Å². The molecule has 1 aliphatic rings.